The third kappa shape index (κ3) is 3.96. The summed E-state index contributed by atoms with van der Waals surface area (Å²) in [5.74, 6) is 1.54. The SMILES string of the molecule is COc1cccc(C(CNc2cc(C#N)ccn2)N(C)C)c1. The van der Waals surface area contributed by atoms with E-state index in [2.05, 4.69) is 27.3 Å². The molecule has 1 atom stereocenters. The van der Waals surface area contributed by atoms with Gasteiger partial charge in [0.1, 0.15) is 11.6 Å². The third-order valence-electron chi connectivity index (χ3n) is 3.47. The number of ether oxygens (including phenoxy) is 1. The van der Waals surface area contributed by atoms with E-state index in [0.717, 1.165) is 11.3 Å². The van der Waals surface area contributed by atoms with Gasteiger partial charge >= 0.3 is 0 Å². The number of nitrogens with one attached hydrogen (secondary N) is 1. The first kappa shape index (κ1) is 15.8. The first-order chi connectivity index (χ1) is 10.6. The zero-order chi connectivity index (χ0) is 15.9. The van der Waals surface area contributed by atoms with Crippen molar-refractivity contribution >= 4 is 5.82 Å². The van der Waals surface area contributed by atoms with Crippen LogP contribution in [0.5, 0.6) is 5.75 Å². The number of benzene rings is 1. The topological polar surface area (TPSA) is 61.2 Å². The first-order valence-electron chi connectivity index (χ1n) is 7.04. The fraction of sp³-hybridized carbons (Fsp3) is 0.294. The Bertz CT molecular complexity index is 664. The molecule has 0 aliphatic heterocycles. The van der Waals surface area contributed by atoms with Crippen LogP contribution in [0.15, 0.2) is 42.6 Å². The molecule has 114 valence electrons. The van der Waals surface area contributed by atoms with Crippen molar-refractivity contribution in [3.8, 4) is 11.8 Å². The molecule has 1 aromatic heterocycles. The van der Waals surface area contributed by atoms with E-state index < -0.39 is 0 Å². The largest absolute Gasteiger partial charge is 0.497 e. The maximum Gasteiger partial charge on any atom is 0.127 e. The summed E-state index contributed by atoms with van der Waals surface area (Å²) in [6.07, 6.45) is 1.64. The number of nitriles is 1. The van der Waals surface area contributed by atoms with Gasteiger partial charge in [-0.15, -0.1) is 0 Å². The maximum atomic E-state index is 8.94. The second-order valence-corrected chi connectivity index (χ2v) is 5.18. The molecule has 1 N–H and O–H groups in total. The Morgan fingerprint density at radius 3 is 2.82 bits per heavy atom. The quantitative estimate of drug-likeness (QED) is 0.888. The Labute approximate surface area is 131 Å². The minimum Gasteiger partial charge on any atom is -0.497 e. The van der Waals surface area contributed by atoms with Gasteiger partial charge in [0.25, 0.3) is 0 Å². The normalized spacial score (nSPS) is 11.8. The summed E-state index contributed by atoms with van der Waals surface area (Å²) in [4.78, 5) is 6.38. The second kappa shape index (κ2) is 7.43. The summed E-state index contributed by atoms with van der Waals surface area (Å²) in [5, 5.41) is 12.2. The van der Waals surface area contributed by atoms with E-state index in [1.807, 2.05) is 32.3 Å². The van der Waals surface area contributed by atoms with Gasteiger partial charge in [-0.25, -0.2) is 4.98 Å². The highest BCUT2D eigenvalue weighted by molar-refractivity contribution is 5.43. The zero-order valence-corrected chi connectivity index (χ0v) is 13.1. The lowest BCUT2D eigenvalue weighted by molar-refractivity contribution is 0.310. The average Bonchev–Trinajstić information content (AvgIpc) is 2.55. The summed E-state index contributed by atoms with van der Waals surface area (Å²) >= 11 is 0. The van der Waals surface area contributed by atoms with Crippen molar-refractivity contribution in [3.63, 3.8) is 0 Å². The number of hydrogen-bond acceptors (Lipinski definition) is 5. The fourth-order valence-corrected chi connectivity index (χ4v) is 2.25. The van der Waals surface area contributed by atoms with Crippen LogP contribution in [0.1, 0.15) is 17.2 Å². The first-order valence-corrected chi connectivity index (χ1v) is 7.04. The lowest BCUT2D eigenvalue weighted by atomic mass is 10.1. The van der Waals surface area contributed by atoms with Crippen molar-refractivity contribution in [3.05, 3.63) is 53.7 Å². The van der Waals surface area contributed by atoms with E-state index >= 15 is 0 Å². The fourth-order valence-electron chi connectivity index (χ4n) is 2.25. The molecule has 5 nitrogen and oxygen atoms in total. The van der Waals surface area contributed by atoms with Gasteiger partial charge in [0.05, 0.1) is 24.8 Å². The Morgan fingerprint density at radius 1 is 1.32 bits per heavy atom. The molecule has 5 heteroatoms. The van der Waals surface area contributed by atoms with Crippen molar-refractivity contribution in [2.75, 3.05) is 33.1 Å². The highest BCUT2D eigenvalue weighted by Crippen LogP contribution is 2.23. The van der Waals surface area contributed by atoms with Gasteiger partial charge in [-0.05, 0) is 43.9 Å². The van der Waals surface area contributed by atoms with E-state index in [4.69, 9.17) is 10.00 Å². The molecule has 0 amide bonds. The van der Waals surface area contributed by atoms with Crippen LogP contribution in [0.3, 0.4) is 0 Å². The maximum absolute atomic E-state index is 8.94. The molecule has 1 aromatic carbocycles. The Morgan fingerprint density at radius 2 is 2.14 bits per heavy atom. The zero-order valence-electron chi connectivity index (χ0n) is 13.1. The molecule has 0 spiro atoms. The number of methoxy groups -OCH3 is 1. The Hall–Kier alpha value is -2.58. The van der Waals surface area contributed by atoms with Crippen LogP contribution < -0.4 is 10.1 Å². The molecule has 2 aromatic rings. The molecular weight excluding hydrogens is 276 g/mol. The highest BCUT2D eigenvalue weighted by Gasteiger charge is 2.15. The molecule has 0 aliphatic rings. The van der Waals surface area contributed by atoms with Gasteiger partial charge in [-0.3, -0.25) is 0 Å². The average molecular weight is 296 g/mol. The van der Waals surface area contributed by atoms with E-state index in [1.165, 1.54) is 0 Å². The molecule has 2 rings (SSSR count). The van der Waals surface area contributed by atoms with Crippen LogP contribution in [0.4, 0.5) is 5.82 Å². The smallest absolute Gasteiger partial charge is 0.127 e. The summed E-state index contributed by atoms with van der Waals surface area (Å²) in [6.45, 7) is 0.683. The van der Waals surface area contributed by atoms with Gasteiger partial charge in [-0.2, -0.15) is 5.26 Å². The third-order valence-corrected chi connectivity index (χ3v) is 3.47. The molecule has 0 bridgehead atoms. The lowest BCUT2D eigenvalue weighted by Gasteiger charge is -2.25. The molecule has 1 heterocycles. The molecule has 0 saturated heterocycles. The van der Waals surface area contributed by atoms with E-state index in [-0.39, 0.29) is 6.04 Å². The van der Waals surface area contributed by atoms with Crippen LogP contribution in [-0.2, 0) is 0 Å². The highest BCUT2D eigenvalue weighted by atomic mass is 16.5. The van der Waals surface area contributed by atoms with Gasteiger partial charge in [0.2, 0.25) is 0 Å². The van der Waals surface area contributed by atoms with Crippen LogP contribution in [-0.4, -0.2) is 37.6 Å². The van der Waals surface area contributed by atoms with Crippen LogP contribution in [0.25, 0.3) is 0 Å². The number of likely N-dealkylation sites (N-methyl/N-ethyl adjacent to an activating group) is 1. The van der Waals surface area contributed by atoms with Crippen LogP contribution >= 0.6 is 0 Å². The van der Waals surface area contributed by atoms with Crippen molar-refractivity contribution < 1.29 is 4.74 Å². The molecule has 0 fully saturated rings. The van der Waals surface area contributed by atoms with Crippen LogP contribution in [0.2, 0.25) is 0 Å². The standard InChI is InChI=1S/C17H20N4O/c1-21(2)16(14-5-4-6-15(10-14)22-3)12-20-17-9-13(11-18)7-8-19-17/h4-10,16H,12H2,1-3H3,(H,19,20). The molecule has 0 saturated carbocycles. The minimum absolute atomic E-state index is 0.169. The van der Waals surface area contributed by atoms with Gasteiger partial charge in [-0.1, -0.05) is 12.1 Å². The summed E-state index contributed by atoms with van der Waals surface area (Å²) in [6, 6.07) is 13.8. The Balaban J connectivity index is 2.13. The van der Waals surface area contributed by atoms with E-state index in [1.54, 1.807) is 25.4 Å². The van der Waals surface area contributed by atoms with Crippen molar-refractivity contribution in [1.29, 1.82) is 5.26 Å². The number of hydrogen-bond donors (Lipinski definition) is 1. The van der Waals surface area contributed by atoms with Gasteiger partial charge in [0.15, 0.2) is 0 Å². The van der Waals surface area contributed by atoms with Crippen molar-refractivity contribution in [2.24, 2.45) is 0 Å². The van der Waals surface area contributed by atoms with Crippen molar-refractivity contribution in [1.82, 2.24) is 9.88 Å². The molecule has 0 aliphatic carbocycles. The van der Waals surface area contributed by atoms with E-state index in [0.29, 0.717) is 17.9 Å². The number of anilines is 1. The lowest BCUT2D eigenvalue weighted by Crippen LogP contribution is -2.27. The van der Waals surface area contributed by atoms with Crippen LogP contribution in [0, 0.1) is 11.3 Å². The summed E-state index contributed by atoms with van der Waals surface area (Å²) in [7, 11) is 5.73. The Kier molecular flexibility index (Phi) is 5.34. The number of pyridine rings is 1. The predicted molar refractivity (Wildman–Crippen MR) is 86.9 cm³/mol. The number of aromatic nitrogens is 1. The van der Waals surface area contributed by atoms with Gasteiger partial charge in [0, 0.05) is 12.7 Å². The summed E-state index contributed by atoms with van der Waals surface area (Å²) in [5.41, 5.74) is 1.76. The van der Waals surface area contributed by atoms with Gasteiger partial charge < -0.3 is 15.0 Å². The second-order valence-electron chi connectivity index (χ2n) is 5.18. The molecule has 1 unspecified atom stereocenters. The predicted octanol–water partition coefficient (Wildman–Crippen LogP) is 2.68. The molecule has 0 radical (unpaired) electrons. The monoisotopic (exact) mass is 296 g/mol. The minimum atomic E-state index is 0.169. The summed E-state index contributed by atoms with van der Waals surface area (Å²) < 4.78 is 5.29. The number of rotatable bonds is 6. The molecular formula is C17H20N4O. The van der Waals surface area contributed by atoms with Crippen molar-refractivity contribution in [2.45, 2.75) is 6.04 Å². The van der Waals surface area contributed by atoms with E-state index in [9.17, 15) is 0 Å². The number of nitrogens with zero attached hydrogens (tertiary/aromatic N) is 3. The molecule has 22 heavy (non-hydrogen) atoms.